The lowest BCUT2D eigenvalue weighted by Crippen LogP contribution is -2.14. The molecule has 18 heavy (non-hydrogen) atoms. The summed E-state index contributed by atoms with van der Waals surface area (Å²) in [6, 6.07) is 8.92. The average molecular weight is 308 g/mol. The average Bonchev–Trinajstić information content (AvgIpc) is 2.41. The Bertz CT molecular complexity index is 570. The highest BCUT2D eigenvalue weighted by molar-refractivity contribution is 9.10. The fourth-order valence-corrected chi connectivity index (χ4v) is 1.62. The van der Waals surface area contributed by atoms with E-state index in [1.54, 1.807) is 24.4 Å². The van der Waals surface area contributed by atoms with E-state index in [0.29, 0.717) is 17.1 Å². The van der Waals surface area contributed by atoms with Crippen molar-refractivity contribution in [2.45, 2.75) is 0 Å². The Labute approximate surface area is 112 Å². The second kappa shape index (κ2) is 5.50. The van der Waals surface area contributed by atoms with Gasteiger partial charge in [0.25, 0.3) is 0 Å². The lowest BCUT2D eigenvalue weighted by molar-refractivity contribution is 0.318. The maximum absolute atomic E-state index is 8.70. The van der Waals surface area contributed by atoms with Crippen LogP contribution in [0.3, 0.4) is 0 Å². The summed E-state index contributed by atoms with van der Waals surface area (Å²) >= 11 is 3.34. The summed E-state index contributed by atoms with van der Waals surface area (Å²) in [7, 11) is 0. The Morgan fingerprint density at radius 3 is 2.67 bits per heavy atom. The van der Waals surface area contributed by atoms with Gasteiger partial charge >= 0.3 is 0 Å². The number of oxime groups is 1. The van der Waals surface area contributed by atoms with Gasteiger partial charge in [-0.05, 0) is 30.3 Å². The van der Waals surface area contributed by atoms with Crippen molar-refractivity contribution in [2.75, 3.05) is 0 Å². The van der Waals surface area contributed by atoms with E-state index in [4.69, 9.17) is 15.7 Å². The summed E-state index contributed by atoms with van der Waals surface area (Å²) < 4.78 is 6.59. The first-order valence-electron chi connectivity index (χ1n) is 5.06. The van der Waals surface area contributed by atoms with Crippen molar-refractivity contribution in [3.05, 3.63) is 52.8 Å². The number of hydrogen-bond acceptors (Lipinski definition) is 4. The van der Waals surface area contributed by atoms with Crippen LogP contribution in [0, 0.1) is 0 Å². The smallest absolute Gasteiger partial charge is 0.173 e. The predicted octanol–water partition coefficient (Wildman–Crippen LogP) is 2.73. The van der Waals surface area contributed by atoms with Crippen LogP contribution in [0.2, 0.25) is 0 Å². The third-order valence-electron chi connectivity index (χ3n) is 2.21. The first-order chi connectivity index (χ1) is 8.70. The highest BCUT2D eigenvalue weighted by Crippen LogP contribution is 2.25. The van der Waals surface area contributed by atoms with Gasteiger partial charge < -0.3 is 15.7 Å². The fourth-order valence-electron chi connectivity index (χ4n) is 1.36. The van der Waals surface area contributed by atoms with Gasteiger partial charge in [-0.3, -0.25) is 4.98 Å². The number of aromatic nitrogens is 1. The van der Waals surface area contributed by atoms with Crippen LogP contribution in [0.5, 0.6) is 11.5 Å². The number of nitrogens with zero attached hydrogens (tertiary/aromatic N) is 2. The molecule has 0 aliphatic heterocycles. The van der Waals surface area contributed by atoms with Crippen LogP contribution in [0.4, 0.5) is 0 Å². The Hall–Kier alpha value is -2.08. The normalized spacial score (nSPS) is 11.3. The zero-order valence-corrected chi connectivity index (χ0v) is 10.8. The summed E-state index contributed by atoms with van der Waals surface area (Å²) in [5.41, 5.74) is 6.04. The highest BCUT2D eigenvalue weighted by atomic mass is 79.9. The molecule has 0 bridgehead atoms. The van der Waals surface area contributed by atoms with Crippen molar-refractivity contribution in [1.82, 2.24) is 4.98 Å². The SMILES string of the molecule is N/C(=N/O)c1ccncc1Oc1ccc(Br)cc1. The number of amidine groups is 1. The Balaban J connectivity index is 2.32. The van der Waals surface area contributed by atoms with E-state index in [1.807, 2.05) is 12.1 Å². The second-order valence-electron chi connectivity index (χ2n) is 3.41. The minimum absolute atomic E-state index is 0.0236. The molecule has 3 N–H and O–H groups in total. The van der Waals surface area contributed by atoms with E-state index in [1.165, 1.54) is 6.20 Å². The zero-order valence-electron chi connectivity index (χ0n) is 9.25. The number of hydrogen-bond donors (Lipinski definition) is 2. The number of ether oxygens (including phenoxy) is 1. The third kappa shape index (κ3) is 2.78. The molecule has 2 rings (SSSR count). The molecule has 0 radical (unpaired) electrons. The number of halogens is 1. The Morgan fingerprint density at radius 2 is 2.00 bits per heavy atom. The standard InChI is InChI=1S/C12H10BrN3O2/c13-8-1-3-9(4-2-8)18-11-7-15-6-5-10(11)12(14)16-17/h1-7,17H,(H2,14,16). The summed E-state index contributed by atoms with van der Waals surface area (Å²) in [5, 5.41) is 11.7. The lowest BCUT2D eigenvalue weighted by atomic mass is 10.2. The monoisotopic (exact) mass is 307 g/mol. The fraction of sp³-hybridized carbons (Fsp3) is 0. The largest absolute Gasteiger partial charge is 0.455 e. The molecule has 0 amide bonds. The van der Waals surface area contributed by atoms with E-state index in [-0.39, 0.29) is 5.84 Å². The van der Waals surface area contributed by atoms with E-state index >= 15 is 0 Å². The minimum Gasteiger partial charge on any atom is -0.455 e. The van der Waals surface area contributed by atoms with Gasteiger partial charge in [0.05, 0.1) is 11.8 Å². The molecule has 1 aromatic heterocycles. The van der Waals surface area contributed by atoms with Crippen molar-refractivity contribution >= 4 is 21.8 Å². The van der Waals surface area contributed by atoms with E-state index < -0.39 is 0 Å². The molecule has 92 valence electrons. The van der Waals surface area contributed by atoms with Gasteiger partial charge in [-0.1, -0.05) is 21.1 Å². The first-order valence-corrected chi connectivity index (χ1v) is 5.85. The van der Waals surface area contributed by atoms with Gasteiger partial charge in [0.1, 0.15) is 5.75 Å². The number of benzene rings is 1. The van der Waals surface area contributed by atoms with Crippen molar-refractivity contribution < 1.29 is 9.94 Å². The van der Waals surface area contributed by atoms with Gasteiger partial charge in [-0.15, -0.1) is 0 Å². The quantitative estimate of drug-likeness (QED) is 0.395. The molecule has 0 saturated carbocycles. The summed E-state index contributed by atoms with van der Waals surface area (Å²) in [6.07, 6.45) is 3.05. The van der Waals surface area contributed by atoms with Gasteiger partial charge in [0.15, 0.2) is 11.6 Å². The predicted molar refractivity (Wildman–Crippen MR) is 71.0 cm³/mol. The van der Waals surface area contributed by atoms with Crippen LogP contribution < -0.4 is 10.5 Å². The Kier molecular flexibility index (Phi) is 3.78. The molecule has 0 spiro atoms. The van der Waals surface area contributed by atoms with E-state index in [9.17, 15) is 0 Å². The number of rotatable bonds is 3. The molecule has 0 fully saturated rings. The third-order valence-corrected chi connectivity index (χ3v) is 2.74. The molecule has 0 saturated heterocycles. The van der Waals surface area contributed by atoms with Crippen LogP contribution in [0.25, 0.3) is 0 Å². The summed E-state index contributed by atoms with van der Waals surface area (Å²) in [4.78, 5) is 3.95. The molecule has 5 nitrogen and oxygen atoms in total. The lowest BCUT2D eigenvalue weighted by Gasteiger charge is -2.09. The minimum atomic E-state index is -0.0236. The van der Waals surface area contributed by atoms with Crippen molar-refractivity contribution in [2.24, 2.45) is 10.9 Å². The van der Waals surface area contributed by atoms with Crippen LogP contribution >= 0.6 is 15.9 Å². The van der Waals surface area contributed by atoms with Crippen LogP contribution in [-0.4, -0.2) is 16.0 Å². The van der Waals surface area contributed by atoms with Gasteiger partial charge in [0.2, 0.25) is 0 Å². The zero-order chi connectivity index (χ0) is 13.0. The summed E-state index contributed by atoms with van der Waals surface area (Å²) in [6.45, 7) is 0. The second-order valence-corrected chi connectivity index (χ2v) is 4.33. The van der Waals surface area contributed by atoms with E-state index in [0.717, 1.165) is 4.47 Å². The molecule has 0 unspecified atom stereocenters. The molecule has 1 aromatic carbocycles. The highest BCUT2D eigenvalue weighted by Gasteiger charge is 2.09. The molecule has 0 atom stereocenters. The molecule has 2 aromatic rings. The van der Waals surface area contributed by atoms with Crippen LogP contribution in [-0.2, 0) is 0 Å². The first kappa shape index (κ1) is 12.4. The van der Waals surface area contributed by atoms with Gasteiger partial charge in [-0.25, -0.2) is 0 Å². The van der Waals surface area contributed by atoms with Crippen molar-refractivity contribution in [3.8, 4) is 11.5 Å². The van der Waals surface area contributed by atoms with Gasteiger partial charge in [0, 0.05) is 10.7 Å². The maximum Gasteiger partial charge on any atom is 0.173 e. The van der Waals surface area contributed by atoms with Crippen molar-refractivity contribution in [1.29, 1.82) is 0 Å². The topological polar surface area (TPSA) is 80.7 Å². The molecule has 1 heterocycles. The van der Waals surface area contributed by atoms with Crippen LogP contribution in [0.15, 0.2) is 52.4 Å². The molecular weight excluding hydrogens is 298 g/mol. The molecule has 6 heteroatoms. The van der Waals surface area contributed by atoms with E-state index in [2.05, 4.69) is 26.1 Å². The number of pyridine rings is 1. The van der Waals surface area contributed by atoms with Crippen molar-refractivity contribution in [3.63, 3.8) is 0 Å². The summed E-state index contributed by atoms with van der Waals surface area (Å²) in [5.74, 6) is 1.04. The van der Waals surface area contributed by atoms with Gasteiger partial charge in [-0.2, -0.15) is 0 Å². The Morgan fingerprint density at radius 1 is 1.28 bits per heavy atom. The molecule has 0 aliphatic rings. The molecular formula is C12H10BrN3O2. The molecule has 0 aliphatic carbocycles. The van der Waals surface area contributed by atoms with Crippen LogP contribution in [0.1, 0.15) is 5.56 Å². The maximum atomic E-state index is 8.70. The number of nitrogens with two attached hydrogens (primary N) is 1.